The van der Waals surface area contributed by atoms with E-state index in [2.05, 4.69) is 36.9 Å². The first-order valence-electron chi connectivity index (χ1n) is 7.26. The number of hydrogen-bond donors (Lipinski definition) is 0. The molecule has 0 N–H and O–H groups in total. The Labute approximate surface area is 120 Å². The topological polar surface area (TPSA) is 15.6 Å². The summed E-state index contributed by atoms with van der Waals surface area (Å²) in [6.07, 6.45) is 4.25. The zero-order valence-electron chi connectivity index (χ0n) is 11.9. The largest absolute Gasteiger partial charge is 0.350 e. The summed E-state index contributed by atoms with van der Waals surface area (Å²) >= 11 is 1.91. The number of hydrogen-bond acceptors (Lipinski definition) is 2. The molecule has 3 heteroatoms. The van der Waals surface area contributed by atoms with Crippen molar-refractivity contribution >= 4 is 22.6 Å². The van der Waals surface area contributed by atoms with Gasteiger partial charge in [-0.1, -0.05) is 30.3 Å². The lowest BCUT2D eigenvalue weighted by molar-refractivity contribution is 0.250. The summed E-state index contributed by atoms with van der Waals surface area (Å²) in [5.41, 5.74) is 3.78. The predicted molar refractivity (Wildman–Crippen MR) is 84.4 cm³/mol. The van der Waals surface area contributed by atoms with Gasteiger partial charge in [-0.25, -0.2) is 4.99 Å². The second-order valence-corrected chi connectivity index (χ2v) is 6.77. The highest BCUT2D eigenvalue weighted by molar-refractivity contribution is 8.14. The summed E-state index contributed by atoms with van der Waals surface area (Å²) in [5, 5.41) is 1.24. The van der Waals surface area contributed by atoms with E-state index in [4.69, 9.17) is 4.99 Å². The molecular formula is C16H22N2S. The Balaban J connectivity index is 1.78. The Morgan fingerprint density at radius 2 is 2.16 bits per heavy atom. The van der Waals surface area contributed by atoms with Gasteiger partial charge in [0.15, 0.2) is 5.17 Å². The Bertz CT molecular complexity index is 492. The molecule has 0 atom stereocenters. The summed E-state index contributed by atoms with van der Waals surface area (Å²) < 4.78 is 0. The standard InChI is InChI=1S/C16H22N2S/c1-12-5-3-8-15(13(12)2)17-16-18(9-10-19-16)11-14-6-4-7-14/h3,5,8,14H,4,6-7,9-11H2,1-2H3. The van der Waals surface area contributed by atoms with Gasteiger partial charge in [-0.15, -0.1) is 0 Å². The number of nitrogens with zero attached hydrogens (tertiary/aromatic N) is 2. The van der Waals surface area contributed by atoms with Crippen LogP contribution in [-0.4, -0.2) is 28.9 Å². The van der Waals surface area contributed by atoms with Gasteiger partial charge in [-0.3, -0.25) is 0 Å². The molecule has 1 aromatic carbocycles. The highest BCUT2D eigenvalue weighted by Gasteiger charge is 2.26. The monoisotopic (exact) mass is 274 g/mol. The van der Waals surface area contributed by atoms with Crippen LogP contribution >= 0.6 is 11.8 Å². The van der Waals surface area contributed by atoms with E-state index in [1.807, 2.05) is 11.8 Å². The summed E-state index contributed by atoms with van der Waals surface area (Å²) in [5.74, 6) is 2.11. The second kappa shape index (κ2) is 5.58. The van der Waals surface area contributed by atoms with Crippen molar-refractivity contribution < 1.29 is 0 Å². The zero-order valence-corrected chi connectivity index (χ0v) is 12.7. The second-order valence-electron chi connectivity index (χ2n) is 5.70. The minimum atomic E-state index is 0.919. The minimum Gasteiger partial charge on any atom is -0.350 e. The van der Waals surface area contributed by atoms with Crippen LogP contribution in [0.1, 0.15) is 30.4 Å². The highest BCUT2D eigenvalue weighted by Crippen LogP contribution is 2.31. The van der Waals surface area contributed by atoms with Crippen molar-refractivity contribution in [1.29, 1.82) is 0 Å². The van der Waals surface area contributed by atoms with Crippen molar-refractivity contribution in [3.63, 3.8) is 0 Å². The van der Waals surface area contributed by atoms with Crippen LogP contribution in [-0.2, 0) is 0 Å². The predicted octanol–water partition coefficient (Wildman–Crippen LogP) is 4.14. The quantitative estimate of drug-likeness (QED) is 0.823. The van der Waals surface area contributed by atoms with Crippen molar-refractivity contribution in [3.8, 4) is 0 Å². The average molecular weight is 274 g/mol. The number of aliphatic imine (C=N–C) groups is 1. The smallest absolute Gasteiger partial charge is 0.164 e. The fourth-order valence-corrected chi connectivity index (χ4v) is 3.66. The van der Waals surface area contributed by atoms with E-state index in [-0.39, 0.29) is 0 Å². The molecule has 0 aromatic heterocycles. The Morgan fingerprint density at radius 3 is 2.89 bits per heavy atom. The third-order valence-electron chi connectivity index (χ3n) is 4.36. The normalized spacial score (nSPS) is 22.0. The molecule has 1 saturated heterocycles. The first-order valence-corrected chi connectivity index (χ1v) is 8.25. The molecule has 1 saturated carbocycles. The van der Waals surface area contributed by atoms with E-state index >= 15 is 0 Å². The molecule has 0 bridgehead atoms. The van der Waals surface area contributed by atoms with Crippen LogP contribution in [0.3, 0.4) is 0 Å². The van der Waals surface area contributed by atoms with Crippen LogP contribution in [0.15, 0.2) is 23.2 Å². The minimum absolute atomic E-state index is 0.919. The average Bonchev–Trinajstić information content (AvgIpc) is 2.77. The summed E-state index contributed by atoms with van der Waals surface area (Å²) in [4.78, 5) is 7.41. The lowest BCUT2D eigenvalue weighted by Gasteiger charge is -2.30. The van der Waals surface area contributed by atoms with E-state index in [1.54, 1.807) is 0 Å². The number of thioether (sulfide) groups is 1. The first kappa shape index (κ1) is 13.0. The van der Waals surface area contributed by atoms with E-state index in [9.17, 15) is 0 Å². The van der Waals surface area contributed by atoms with Crippen LogP contribution < -0.4 is 0 Å². The van der Waals surface area contributed by atoms with Gasteiger partial charge in [-0.05, 0) is 49.8 Å². The molecule has 0 amide bonds. The van der Waals surface area contributed by atoms with E-state index in [1.165, 1.54) is 54.4 Å². The lowest BCUT2D eigenvalue weighted by atomic mass is 9.85. The van der Waals surface area contributed by atoms with Crippen molar-refractivity contribution in [2.24, 2.45) is 10.9 Å². The number of rotatable bonds is 3. The van der Waals surface area contributed by atoms with Gasteiger partial charge in [0, 0.05) is 18.8 Å². The Kier molecular flexibility index (Phi) is 3.83. The molecule has 19 heavy (non-hydrogen) atoms. The molecule has 0 unspecified atom stereocenters. The maximum absolute atomic E-state index is 4.92. The zero-order chi connectivity index (χ0) is 13.2. The van der Waals surface area contributed by atoms with Gasteiger partial charge in [-0.2, -0.15) is 0 Å². The van der Waals surface area contributed by atoms with E-state index in [0.29, 0.717) is 0 Å². The van der Waals surface area contributed by atoms with Gasteiger partial charge in [0.2, 0.25) is 0 Å². The fourth-order valence-electron chi connectivity index (χ4n) is 2.65. The molecule has 2 nitrogen and oxygen atoms in total. The molecule has 1 heterocycles. The first-order chi connectivity index (χ1) is 9.24. The Hall–Kier alpha value is -0.960. The number of benzene rings is 1. The van der Waals surface area contributed by atoms with Gasteiger partial charge in [0.05, 0.1) is 5.69 Å². The van der Waals surface area contributed by atoms with Crippen LogP contribution in [0, 0.1) is 19.8 Å². The molecule has 0 radical (unpaired) electrons. The van der Waals surface area contributed by atoms with Gasteiger partial charge in [0.25, 0.3) is 0 Å². The Morgan fingerprint density at radius 1 is 1.32 bits per heavy atom. The maximum Gasteiger partial charge on any atom is 0.164 e. The molecular weight excluding hydrogens is 252 g/mol. The number of amidine groups is 1. The van der Waals surface area contributed by atoms with E-state index < -0.39 is 0 Å². The number of aryl methyl sites for hydroxylation is 1. The fraction of sp³-hybridized carbons (Fsp3) is 0.562. The molecule has 2 aliphatic rings. The highest BCUT2D eigenvalue weighted by atomic mass is 32.2. The van der Waals surface area contributed by atoms with Crippen molar-refractivity contribution in [2.45, 2.75) is 33.1 Å². The van der Waals surface area contributed by atoms with Gasteiger partial charge < -0.3 is 4.90 Å². The summed E-state index contributed by atoms with van der Waals surface area (Å²) in [6.45, 7) is 6.72. The van der Waals surface area contributed by atoms with Crippen molar-refractivity contribution in [1.82, 2.24) is 4.90 Å². The SMILES string of the molecule is Cc1cccc(N=C2SCCN2CC2CCC2)c1C. The summed E-state index contributed by atoms with van der Waals surface area (Å²) in [6, 6.07) is 6.40. The van der Waals surface area contributed by atoms with Crippen molar-refractivity contribution in [2.75, 3.05) is 18.8 Å². The molecule has 1 aliphatic heterocycles. The maximum atomic E-state index is 4.92. The van der Waals surface area contributed by atoms with Crippen molar-refractivity contribution in [3.05, 3.63) is 29.3 Å². The molecule has 2 fully saturated rings. The molecule has 102 valence electrons. The molecule has 0 spiro atoms. The molecule has 3 rings (SSSR count). The molecule has 1 aromatic rings. The molecule has 1 aliphatic carbocycles. The lowest BCUT2D eigenvalue weighted by Crippen LogP contribution is -2.33. The van der Waals surface area contributed by atoms with Gasteiger partial charge in [0.1, 0.15) is 0 Å². The van der Waals surface area contributed by atoms with Gasteiger partial charge >= 0.3 is 0 Å². The third kappa shape index (κ3) is 2.81. The van der Waals surface area contributed by atoms with Crippen LogP contribution in [0.25, 0.3) is 0 Å². The van der Waals surface area contributed by atoms with E-state index in [0.717, 1.165) is 11.6 Å². The van der Waals surface area contributed by atoms with Crippen LogP contribution in [0.4, 0.5) is 5.69 Å². The van der Waals surface area contributed by atoms with Crippen LogP contribution in [0.5, 0.6) is 0 Å². The van der Waals surface area contributed by atoms with Crippen LogP contribution in [0.2, 0.25) is 0 Å². The summed E-state index contributed by atoms with van der Waals surface area (Å²) in [7, 11) is 0. The third-order valence-corrected chi connectivity index (χ3v) is 5.35.